The van der Waals surface area contributed by atoms with Crippen molar-refractivity contribution >= 4 is 11.9 Å². The number of hydrogen-bond acceptors (Lipinski definition) is 4. The lowest BCUT2D eigenvalue weighted by atomic mass is 10.0. The van der Waals surface area contributed by atoms with Crippen LogP contribution in [0.1, 0.15) is 188 Å². The molecule has 0 saturated carbocycles. The Morgan fingerprint density at radius 3 is 1.41 bits per heavy atom. The summed E-state index contributed by atoms with van der Waals surface area (Å²) >= 11 is 0. The summed E-state index contributed by atoms with van der Waals surface area (Å²) in [5.41, 5.74) is 0. The van der Waals surface area contributed by atoms with Crippen LogP contribution in [-0.2, 0) is 19.1 Å². The predicted molar refractivity (Wildman–Crippen MR) is 176 cm³/mol. The molecule has 4 nitrogen and oxygen atoms in total. The minimum atomic E-state index is -0.379. The molecule has 1 atom stereocenters. The van der Waals surface area contributed by atoms with E-state index in [1.54, 1.807) is 6.92 Å². The molecular weight excluding hydrogens is 508 g/mol. The first kappa shape index (κ1) is 39.4. The maximum absolute atomic E-state index is 12.1. The molecule has 0 aromatic rings. The van der Waals surface area contributed by atoms with Crippen LogP contribution in [0, 0.1) is 0 Å². The molecule has 0 saturated heterocycles. The number of hydrogen-bond donors (Lipinski definition) is 0. The molecule has 0 aromatic carbocycles. The van der Waals surface area contributed by atoms with Gasteiger partial charge < -0.3 is 9.47 Å². The van der Waals surface area contributed by atoms with E-state index in [0.29, 0.717) is 12.8 Å². The van der Waals surface area contributed by atoms with Crippen molar-refractivity contribution in [2.45, 2.75) is 194 Å². The van der Waals surface area contributed by atoms with Crippen LogP contribution < -0.4 is 0 Å². The zero-order chi connectivity index (χ0) is 30.1. The monoisotopic (exact) mass is 577 g/mol. The fourth-order valence-electron chi connectivity index (χ4n) is 4.97. The van der Waals surface area contributed by atoms with E-state index < -0.39 is 0 Å². The summed E-state index contributed by atoms with van der Waals surface area (Å²) in [5.74, 6) is -0.361. The standard InChI is InChI=1S/C37H68O4/c1-4-6-8-10-12-14-16-18-19-21-23-25-27-29-31-33-37(39)41-35(3)34-40-36(38)32-30-28-26-24-22-20-17-15-13-11-9-7-5-2/h12,14,18-19,35H,4-11,13,15-17,20-34H2,1-3H3/b14-12-,19-18-. The van der Waals surface area contributed by atoms with Crippen molar-refractivity contribution in [3.8, 4) is 0 Å². The van der Waals surface area contributed by atoms with Gasteiger partial charge in [-0.25, -0.2) is 0 Å². The molecule has 0 fully saturated rings. The predicted octanol–water partition coefficient (Wildman–Crippen LogP) is 11.8. The topological polar surface area (TPSA) is 52.6 Å². The van der Waals surface area contributed by atoms with E-state index in [2.05, 4.69) is 38.2 Å². The number of unbranched alkanes of at least 4 members (excludes halogenated alkanes) is 20. The van der Waals surface area contributed by atoms with Crippen molar-refractivity contribution < 1.29 is 19.1 Å². The van der Waals surface area contributed by atoms with Crippen LogP contribution in [0.3, 0.4) is 0 Å². The first-order chi connectivity index (χ1) is 20.1. The van der Waals surface area contributed by atoms with Crippen LogP contribution in [0.2, 0.25) is 0 Å². The Morgan fingerprint density at radius 1 is 0.512 bits per heavy atom. The summed E-state index contributed by atoms with van der Waals surface area (Å²) in [5, 5.41) is 0. The zero-order valence-electron chi connectivity index (χ0n) is 27.6. The van der Waals surface area contributed by atoms with Crippen molar-refractivity contribution in [2.24, 2.45) is 0 Å². The Bertz CT molecular complexity index is 624. The van der Waals surface area contributed by atoms with Gasteiger partial charge in [0, 0.05) is 12.8 Å². The van der Waals surface area contributed by atoms with Gasteiger partial charge in [0.05, 0.1) is 0 Å². The molecule has 240 valence electrons. The van der Waals surface area contributed by atoms with Crippen LogP contribution in [0.15, 0.2) is 24.3 Å². The highest BCUT2D eigenvalue weighted by Gasteiger charge is 2.12. The largest absolute Gasteiger partial charge is 0.462 e. The van der Waals surface area contributed by atoms with Crippen molar-refractivity contribution in [2.75, 3.05) is 6.61 Å². The number of rotatable bonds is 31. The average molecular weight is 577 g/mol. The average Bonchev–Trinajstić information content (AvgIpc) is 2.96. The molecular formula is C37H68O4. The summed E-state index contributed by atoms with van der Waals surface area (Å²) in [6.45, 7) is 6.46. The van der Waals surface area contributed by atoms with Crippen molar-refractivity contribution in [3.63, 3.8) is 0 Å². The number of allylic oxidation sites excluding steroid dienone is 4. The van der Waals surface area contributed by atoms with E-state index in [4.69, 9.17) is 9.47 Å². The van der Waals surface area contributed by atoms with Gasteiger partial charge in [-0.05, 0) is 51.9 Å². The van der Waals surface area contributed by atoms with Gasteiger partial charge in [-0.3, -0.25) is 9.59 Å². The molecule has 0 heterocycles. The fourth-order valence-corrected chi connectivity index (χ4v) is 4.97. The Morgan fingerprint density at radius 2 is 0.902 bits per heavy atom. The van der Waals surface area contributed by atoms with E-state index in [0.717, 1.165) is 44.9 Å². The molecule has 0 N–H and O–H groups in total. The van der Waals surface area contributed by atoms with Crippen LogP contribution in [0.4, 0.5) is 0 Å². The fraction of sp³-hybridized carbons (Fsp3) is 0.838. The van der Waals surface area contributed by atoms with Crippen LogP contribution in [0.5, 0.6) is 0 Å². The van der Waals surface area contributed by atoms with Crippen molar-refractivity contribution in [1.29, 1.82) is 0 Å². The first-order valence-electron chi connectivity index (χ1n) is 17.7. The summed E-state index contributed by atoms with van der Waals surface area (Å²) in [4.78, 5) is 24.1. The second-order valence-corrected chi connectivity index (χ2v) is 12.0. The lowest BCUT2D eigenvalue weighted by molar-refractivity contribution is -0.158. The Hall–Kier alpha value is -1.58. The van der Waals surface area contributed by atoms with E-state index in [1.807, 2.05) is 0 Å². The Balaban J connectivity index is 3.47. The highest BCUT2D eigenvalue weighted by Crippen LogP contribution is 2.13. The summed E-state index contributed by atoms with van der Waals surface area (Å²) in [6.07, 6.45) is 39.3. The molecule has 0 aliphatic rings. The van der Waals surface area contributed by atoms with Gasteiger partial charge >= 0.3 is 11.9 Å². The first-order valence-corrected chi connectivity index (χ1v) is 17.7. The van der Waals surface area contributed by atoms with Gasteiger partial charge in [-0.1, -0.05) is 147 Å². The maximum atomic E-state index is 12.1. The van der Waals surface area contributed by atoms with Gasteiger partial charge in [-0.2, -0.15) is 0 Å². The van der Waals surface area contributed by atoms with Gasteiger partial charge in [0.25, 0.3) is 0 Å². The molecule has 0 amide bonds. The van der Waals surface area contributed by atoms with Crippen LogP contribution >= 0.6 is 0 Å². The molecule has 0 rings (SSSR count). The highest BCUT2D eigenvalue weighted by atomic mass is 16.6. The smallest absolute Gasteiger partial charge is 0.306 e. The number of esters is 2. The molecule has 0 spiro atoms. The van der Waals surface area contributed by atoms with E-state index in [-0.39, 0.29) is 24.6 Å². The van der Waals surface area contributed by atoms with Crippen molar-refractivity contribution in [1.82, 2.24) is 0 Å². The second kappa shape index (κ2) is 32.9. The van der Waals surface area contributed by atoms with Gasteiger partial charge in [-0.15, -0.1) is 0 Å². The third-order valence-electron chi connectivity index (χ3n) is 7.63. The summed E-state index contributed by atoms with van der Waals surface area (Å²) < 4.78 is 10.7. The normalized spacial score (nSPS) is 12.4. The molecule has 0 radical (unpaired) electrons. The molecule has 41 heavy (non-hydrogen) atoms. The number of carbonyl (C=O) groups excluding carboxylic acids is 2. The molecule has 0 aliphatic carbocycles. The van der Waals surface area contributed by atoms with E-state index in [1.165, 1.54) is 109 Å². The zero-order valence-corrected chi connectivity index (χ0v) is 27.6. The van der Waals surface area contributed by atoms with Crippen molar-refractivity contribution in [3.05, 3.63) is 24.3 Å². The second-order valence-electron chi connectivity index (χ2n) is 12.0. The summed E-state index contributed by atoms with van der Waals surface area (Å²) in [6, 6.07) is 0. The molecule has 0 bridgehead atoms. The highest BCUT2D eigenvalue weighted by molar-refractivity contribution is 5.70. The Kier molecular flexibility index (Phi) is 31.7. The number of carbonyl (C=O) groups is 2. The third kappa shape index (κ3) is 32.8. The third-order valence-corrected chi connectivity index (χ3v) is 7.63. The minimum Gasteiger partial charge on any atom is -0.462 e. The summed E-state index contributed by atoms with van der Waals surface area (Å²) in [7, 11) is 0. The molecule has 1 unspecified atom stereocenters. The van der Waals surface area contributed by atoms with Gasteiger partial charge in [0.1, 0.15) is 12.7 Å². The van der Waals surface area contributed by atoms with Gasteiger partial charge in [0.15, 0.2) is 0 Å². The number of ether oxygens (including phenoxy) is 2. The van der Waals surface area contributed by atoms with Crippen LogP contribution in [0.25, 0.3) is 0 Å². The Labute approximate surface area is 255 Å². The lowest BCUT2D eigenvalue weighted by Crippen LogP contribution is -2.22. The quantitative estimate of drug-likeness (QED) is 0.0468. The van der Waals surface area contributed by atoms with Gasteiger partial charge in [0.2, 0.25) is 0 Å². The van der Waals surface area contributed by atoms with Crippen LogP contribution in [-0.4, -0.2) is 24.6 Å². The van der Waals surface area contributed by atoms with E-state index >= 15 is 0 Å². The lowest BCUT2D eigenvalue weighted by Gasteiger charge is -2.13. The van der Waals surface area contributed by atoms with E-state index in [9.17, 15) is 9.59 Å². The SMILES string of the molecule is CCCCC/C=C\C/C=C\CCCCCCCC(=O)OC(C)COC(=O)CCCCCCCCCCCCCCC. The minimum absolute atomic E-state index is 0.158. The maximum Gasteiger partial charge on any atom is 0.306 e. The molecule has 0 aliphatic heterocycles. The molecule has 4 heteroatoms. The molecule has 0 aromatic heterocycles.